The Bertz CT molecular complexity index is 377. The van der Waals surface area contributed by atoms with E-state index in [1.165, 1.54) is 32.1 Å². The molecule has 108 valence electrons. The molecule has 2 N–H and O–H groups in total. The van der Waals surface area contributed by atoms with E-state index in [9.17, 15) is 0 Å². The summed E-state index contributed by atoms with van der Waals surface area (Å²) in [6, 6.07) is 1.49. The van der Waals surface area contributed by atoms with Crippen LogP contribution in [0.1, 0.15) is 58.8 Å². The van der Waals surface area contributed by atoms with Gasteiger partial charge in [-0.1, -0.05) is 45.1 Å². The van der Waals surface area contributed by atoms with E-state index in [-0.39, 0.29) is 0 Å². The minimum atomic E-state index is 0.423. The van der Waals surface area contributed by atoms with Gasteiger partial charge in [0.1, 0.15) is 0 Å². The number of rotatable bonds is 6. The van der Waals surface area contributed by atoms with Gasteiger partial charge in [-0.3, -0.25) is 0 Å². The Kier molecular flexibility index (Phi) is 5.19. The van der Waals surface area contributed by atoms with E-state index >= 15 is 0 Å². The summed E-state index contributed by atoms with van der Waals surface area (Å²) >= 11 is 0. The van der Waals surface area contributed by atoms with Gasteiger partial charge in [0.2, 0.25) is 5.89 Å². The summed E-state index contributed by atoms with van der Waals surface area (Å²) in [6.07, 6.45) is 6.36. The molecule has 0 spiro atoms. The number of nitrogens with one attached hydrogen (secondary N) is 2. The Morgan fingerprint density at radius 1 is 1.32 bits per heavy atom. The molecule has 1 saturated carbocycles. The first kappa shape index (κ1) is 14.3. The molecule has 0 amide bonds. The molecular formula is C14H26N4O. The average Bonchev–Trinajstić information content (AvgIpc) is 2.84. The van der Waals surface area contributed by atoms with Gasteiger partial charge in [-0.25, -0.2) is 0 Å². The first-order chi connectivity index (χ1) is 9.17. The second kappa shape index (κ2) is 6.89. The summed E-state index contributed by atoms with van der Waals surface area (Å²) in [4.78, 5) is 0. The van der Waals surface area contributed by atoms with Crippen LogP contribution in [0, 0.1) is 5.92 Å². The van der Waals surface area contributed by atoms with Gasteiger partial charge >= 0.3 is 6.01 Å². The Hall–Kier alpha value is -1.10. The molecule has 0 aliphatic heterocycles. The quantitative estimate of drug-likeness (QED) is 0.829. The minimum absolute atomic E-state index is 0.423. The van der Waals surface area contributed by atoms with E-state index in [2.05, 4.69) is 41.6 Å². The lowest BCUT2D eigenvalue weighted by atomic mass is 9.84. The number of hydrogen-bond donors (Lipinski definition) is 2. The fourth-order valence-corrected chi connectivity index (χ4v) is 2.64. The Labute approximate surface area is 115 Å². The van der Waals surface area contributed by atoms with Gasteiger partial charge in [0.25, 0.3) is 0 Å². The predicted molar refractivity (Wildman–Crippen MR) is 75.9 cm³/mol. The molecular weight excluding hydrogens is 240 g/mol. The topological polar surface area (TPSA) is 63.0 Å². The minimum Gasteiger partial charge on any atom is -0.407 e. The van der Waals surface area contributed by atoms with Crippen LogP contribution in [-0.4, -0.2) is 22.3 Å². The van der Waals surface area contributed by atoms with Crippen molar-refractivity contribution in [2.45, 2.75) is 71.5 Å². The lowest BCUT2D eigenvalue weighted by Crippen LogP contribution is -2.27. The summed E-state index contributed by atoms with van der Waals surface area (Å²) in [5, 5.41) is 14.8. The second-order valence-electron chi connectivity index (χ2n) is 5.82. The van der Waals surface area contributed by atoms with Gasteiger partial charge in [0, 0.05) is 12.1 Å². The van der Waals surface area contributed by atoms with Gasteiger partial charge < -0.3 is 15.1 Å². The Balaban J connectivity index is 1.82. The SMILES string of the molecule is CCC1CCCC(Nc2nnc(CNC(C)C)o2)C1. The van der Waals surface area contributed by atoms with Gasteiger partial charge in [-0.15, -0.1) is 5.10 Å². The van der Waals surface area contributed by atoms with E-state index in [0.717, 1.165) is 5.92 Å². The molecule has 1 aromatic heterocycles. The number of hydrogen-bond acceptors (Lipinski definition) is 5. The molecule has 2 atom stereocenters. The smallest absolute Gasteiger partial charge is 0.315 e. The predicted octanol–water partition coefficient (Wildman–Crippen LogP) is 2.95. The summed E-state index contributed by atoms with van der Waals surface area (Å²) < 4.78 is 5.61. The first-order valence-corrected chi connectivity index (χ1v) is 7.49. The van der Waals surface area contributed by atoms with Crippen molar-refractivity contribution in [2.24, 2.45) is 5.92 Å². The maximum atomic E-state index is 5.61. The number of aromatic nitrogens is 2. The third kappa shape index (κ3) is 4.49. The highest BCUT2D eigenvalue weighted by Crippen LogP contribution is 2.28. The molecule has 0 aromatic carbocycles. The molecule has 5 heteroatoms. The molecule has 0 radical (unpaired) electrons. The van der Waals surface area contributed by atoms with Crippen LogP contribution < -0.4 is 10.6 Å². The summed E-state index contributed by atoms with van der Waals surface area (Å²) in [6.45, 7) is 7.11. The zero-order valence-electron chi connectivity index (χ0n) is 12.3. The molecule has 0 bridgehead atoms. The fourth-order valence-electron chi connectivity index (χ4n) is 2.64. The molecule has 0 saturated heterocycles. The second-order valence-corrected chi connectivity index (χ2v) is 5.82. The van der Waals surface area contributed by atoms with Gasteiger partial charge in [-0.05, 0) is 18.8 Å². The largest absolute Gasteiger partial charge is 0.407 e. The van der Waals surface area contributed by atoms with Gasteiger partial charge in [-0.2, -0.15) is 0 Å². The number of anilines is 1. The highest BCUT2D eigenvalue weighted by atomic mass is 16.4. The van der Waals surface area contributed by atoms with Crippen LogP contribution in [0.25, 0.3) is 0 Å². The third-order valence-electron chi connectivity index (χ3n) is 3.82. The molecule has 1 aliphatic rings. The van der Waals surface area contributed by atoms with Crippen LogP contribution in [0.3, 0.4) is 0 Å². The highest BCUT2D eigenvalue weighted by Gasteiger charge is 2.22. The monoisotopic (exact) mass is 266 g/mol. The first-order valence-electron chi connectivity index (χ1n) is 7.49. The van der Waals surface area contributed by atoms with Crippen molar-refractivity contribution in [3.05, 3.63) is 5.89 Å². The average molecular weight is 266 g/mol. The van der Waals surface area contributed by atoms with Crippen molar-refractivity contribution in [1.29, 1.82) is 0 Å². The third-order valence-corrected chi connectivity index (χ3v) is 3.82. The van der Waals surface area contributed by atoms with Crippen LogP contribution in [-0.2, 0) is 6.54 Å². The van der Waals surface area contributed by atoms with Crippen molar-refractivity contribution in [1.82, 2.24) is 15.5 Å². The Morgan fingerprint density at radius 2 is 2.16 bits per heavy atom. The van der Waals surface area contributed by atoms with Crippen molar-refractivity contribution in [2.75, 3.05) is 5.32 Å². The van der Waals surface area contributed by atoms with E-state index in [4.69, 9.17) is 4.42 Å². The van der Waals surface area contributed by atoms with Crippen LogP contribution in [0.4, 0.5) is 6.01 Å². The van der Waals surface area contributed by atoms with Crippen LogP contribution in [0.15, 0.2) is 4.42 Å². The van der Waals surface area contributed by atoms with Gasteiger partial charge in [0.15, 0.2) is 0 Å². The molecule has 19 heavy (non-hydrogen) atoms. The maximum absolute atomic E-state index is 5.61. The van der Waals surface area contributed by atoms with Crippen molar-refractivity contribution >= 4 is 6.01 Å². The standard InChI is InChI=1S/C14H26N4O/c1-4-11-6-5-7-12(8-11)16-14-18-17-13(19-14)9-15-10(2)3/h10-12,15H,4-9H2,1-3H3,(H,16,18). The van der Waals surface area contributed by atoms with Gasteiger partial charge in [0.05, 0.1) is 6.54 Å². The lowest BCUT2D eigenvalue weighted by molar-refractivity contribution is 0.322. The summed E-state index contributed by atoms with van der Waals surface area (Å²) in [5.41, 5.74) is 0. The zero-order valence-corrected chi connectivity index (χ0v) is 12.3. The highest BCUT2D eigenvalue weighted by molar-refractivity contribution is 5.19. The van der Waals surface area contributed by atoms with E-state index in [0.29, 0.717) is 30.5 Å². The normalized spacial score (nSPS) is 23.8. The summed E-state index contributed by atoms with van der Waals surface area (Å²) in [5.74, 6) is 1.50. The molecule has 1 aliphatic carbocycles. The molecule has 1 heterocycles. The van der Waals surface area contributed by atoms with Crippen LogP contribution in [0.2, 0.25) is 0 Å². The fraction of sp³-hybridized carbons (Fsp3) is 0.857. The molecule has 1 aromatic rings. The van der Waals surface area contributed by atoms with Crippen LogP contribution >= 0.6 is 0 Å². The van der Waals surface area contributed by atoms with Crippen molar-refractivity contribution in [3.63, 3.8) is 0 Å². The maximum Gasteiger partial charge on any atom is 0.315 e. The molecule has 5 nitrogen and oxygen atoms in total. The molecule has 1 fully saturated rings. The van der Waals surface area contributed by atoms with E-state index in [1.807, 2.05) is 0 Å². The summed E-state index contributed by atoms with van der Waals surface area (Å²) in [7, 11) is 0. The van der Waals surface area contributed by atoms with Crippen LogP contribution in [0.5, 0.6) is 0 Å². The van der Waals surface area contributed by atoms with E-state index in [1.54, 1.807) is 0 Å². The van der Waals surface area contributed by atoms with Crippen molar-refractivity contribution in [3.8, 4) is 0 Å². The zero-order chi connectivity index (χ0) is 13.7. The van der Waals surface area contributed by atoms with E-state index < -0.39 is 0 Å². The number of nitrogens with zero attached hydrogens (tertiary/aromatic N) is 2. The molecule has 2 unspecified atom stereocenters. The van der Waals surface area contributed by atoms with Crippen molar-refractivity contribution < 1.29 is 4.42 Å². The lowest BCUT2D eigenvalue weighted by Gasteiger charge is -2.28. The Morgan fingerprint density at radius 3 is 2.89 bits per heavy atom. The molecule has 2 rings (SSSR count).